The molecule has 412 valence electrons. The molecule has 8 nitrogen and oxygen atoms in total. The van der Waals surface area contributed by atoms with Crippen LogP contribution in [0.15, 0.2) is 164 Å². The monoisotopic (exact) mass is 1060 g/mol. The first-order chi connectivity index (χ1) is 38.6. The first kappa shape index (κ1) is 59.0. The number of benzene rings is 7. The quantitative estimate of drug-likeness (QED) is 0.0233. The van der Waals surface area contributed by atoms with Crippen LogP contribution < -0.4 is 18.9 Å². The van der Waals surface area contributed by atoms with E-state index in [-0.39, 0.29) is 16.9 Å². The van der Waals surface area contributed by atoms with Gasteiger partial charge in [-0.15, -0.1) is 0 Å². The molecule has 0 aliphatic heterocycles. The summed E-state index contributed by atoms with van der Waals surface area (Å²) in [5.74, 6) is -1.37. The van der Waals surface area contributed by atoms with E-state index in [2.05, 4.69) is 13.8 Å². The standard InChI is InChI=1S/C70H77FO8/c1-3-5-7-9-11-13-15-17-19-21-23-52-25-29-56(30-26-52)67(72)78-63-46-37-58(38-47-63)69(74)76-61-42-33-54(34-43-61)60-41-50-66(71)65(51-60)55-35-44-62(45-36-55)77-70(75)59-39-48-64(49-40-59)79-68(73)57-31-27-53(28-32-57)24-22-20-18-16-14-12-10-8-6-4-2/h25-51H,3-24H2,1-2H3. The second-order valence-electron chi connectivity index (χ2n) is 20.6. The van der Waals surface area contributed by atoms with Crippen LogP contribution in [0.25, 0.3) is 22.3 Å². The van der Waals surface area contributed by atoms with Gasteiger partial charge in [0.25, 0.3) is 0 Å². The third-order valence-corrected chi connectivity index (χ3v) is 14.4. The van der Waals surface area contributed by atoms with Gasteiger partial charge in [0.05, 0.1) is 22.3 Å². The van der Waals surface area contributed by atoms with Crippen LogP contribution in [0.4, 0.5) is 4.39 Å². The first-order valence-corrected chi connectivity index (χ1v) is 28.9. The maximum absolute atomic E-state index is 15.3. The van der Waals surface area contributed by atoms with E-state index in [0.717, 1.165) is 36.8 Å². The average molecular weight is 1070 g/mol. The van der Waals surface area contributed by atoms with Crippen LogP contribution in [0.5, 0.6) is 23.0 Å². The lowest BCUT2D eigenvalue weighted by molar-refractivity contribution is 0.0720. The van der Waals surface area contributed by atoms with Gasteiger partial charge in [-0.1, -0.05) is 184 Å². The highest BCUT2D eigenvalue weighted by atomic mass is 19.1. The van der Waals surface area contributed by atoms with Crippen molar-refractivity contribution >= 4 is 23.9 Å². The number of carbonyl (C=O) groups excluding carboxylic acids is 4. The number of hydrogen-bond acceptors (Lipinski definition) is 8. The number of aryl methyl sites for hydroxylation is 2. The molecule has 0 aliphatic carbocycles. The molecule has 0 amide bonds. The van der Waals surface area contributed by atoms with E-state index in [1.54, 1.807) is 121 Å². The lowest BCUT2D eigenvalue weighted by Gasteiger charge is -2.10. The number of hydrogen-bond donors (Lipinski definition) is 0. The Hall–Kier alpha value is -7.65. The molecule has 7 aromatic rings. The molecule has 9 heteroatoms. The summed E-state index contributed by atoms with van der Waals surface area (Å²) in [6.45, 7) is 4.50. The second-order valence-corrected chi connectivity index (χ2v) is 20.6. The van der Waals surface area contributed by atoms with Crippen molar-refractivity contribution in [1.29, 1.82) is 0 Å². The molecule has 0 atom stereocenters. The Balaban J connectivity index is 0.817. The Kier molecular flexibility index (Phi) is 24.1. The molecule has 0 unspecified atom stereocenters. The number of halogens is 1. The van der Waals surface area contributed by atoms with Crippen molar-refractivity contribution in [2.75, 3.05) is 0 Å². The predicted molar refractivity (Wildman–Crippen MR) is 314 cm³/mol. The molecule has 0 aromatic heterocycles. The molecule has 0 aliphatic rings. The molecular formula is C70H77FO8. The largest absolute Gasteiger partial charge is 0.423 e. The van der Waals surface area contributed by atoms with Gasteiger partial charge in [-0.05, 0) is 163 Å². The van der Waals surface area contributed by atoms with Crippen LogP contribution in [0.3, 0.4) is 0 Å². The highest BCUT2D eigenvalue weighted by Gasteiger charge is 2.16. The van der Waals surface area contributed by atoms with Gasteiger partial charge in [0.15, 0.2) is 0 Å². The van der Waals surface area contributed by atoms with Gasteiger partial charge in [-0.3, -0.25) is 0 Å². The molecule has 0 fully saturated rings. The number of carbonyl (C=O) groups is 4. The minimum absolute atomic E-state index is 0.264. The topological polar surface area (TPSA) is 105 Å². The number of rotatable bonds is 32. The Morgan fingerprint density at radius 3 is 0.899 bits per heavy atom. The van der Waals surface area contributed by atoms with Crippen LogP contribution in [0, 0.1) is 5.82 Å². The SMILES string of the molecule is CCCCCCCCCCCCc1ccc(C(=O)Oc2ccc(C(=O)Oc3ccc(-c4ccc(F)c(-c5ccc(OC(=O)c6ccc(OC(=O)c7ccc(CCCCCCCCCCCC)cc7)cc6)cc5)c4)cc3)cc2)cc1. The molecule has 0 N–H and O–H groups in total. The van der Waals surface area contributed by atoms with Crippen molar-refractivity contribution in [3.05, 3.63) is 203 Å². The molecule has 0 bridgehead atoms. The van der Waals surface area contributed by atoms with Gasteiger partial charge in [-0.25, -0.2) is 23.6 Å². The summed E-state index contributed by atoms with van der Waals surface area (Å²) in [7, 11) is 0. The maximum atomic E-state index is 15.3. The molecule has 0 saturated heterocycles. The number of ether oxygens (including phenoxy) is 4. The van der Waals surface area contributed by atoms with Gasteiger partial charge >= 0.3 is 23.9 Å². The molecule has 7 aromatic carbocycles. The molecule has 79 heavy (non-hydrogen) atoms. The van der Waals surface area contributed by atoms with Gasteiger partial charge in [-0.2, -0.15) is 0 Å². The van der Waals surface area contributed by atoms with E-state index < -0.39 is 29.7 Å². The van der Waals surface area contributed by atoms with Crippen LogP contribution in [0.1, 0.15) is 195 Å². The predicted octanol–water partition coefficient (Wildman–Crippen LogP) is 19.0. The Bertz CT molecular complexity index is 2960. The van der Waals surface area contributed by atoms with Crippen molar-refractivity contribution in [2.24, 2.45) is 0 Å². The van der Waals surface area contributed by atoms with E-state index >= 15 is 4.39 Å². The van der Waals surface area contributed by atoms with Gasteiger partial charge < -0.3 is 18.9 Å². The molecule has 0 heterocycles. The fraction of sp³-hybridized carbons (Fsp3) is 0.343. The zero-order valence-electron chi connectivity index (χ0n) is 46.3. The van der Waals surface area contributed by atoms with E-state index in [9.17, 15) is 19.2 Å². The summed E-state index contributed by atoms with van der Waals surface area (Å²) < 4.78 is 37.7. The third kappa shape index (κ3) is 19.6. The Morgan fingerprint density at radius 1 is 0.304 bits per heavy atom. The fourth-order valence-corrected chi connectivity index (χ4v) is 9.57. The Morgan fingerprint density at radius 2 is 0.570 bits per heavy atom. The van der Waals surface area contributed by atoms with Crippen LogP contribution in [0.2, 0.25) is 0 Å². The van der Waals surface area contributed by atoms with Crippen molar-refractivity contribution in [3.8, 4) is 45.3 Å². The summed E-state index contributed by atoms with van der Waals surface area (Å²) in [4.78, 5) is 51.9. The second kappa shape index (κ2) is 32.3. The number of unbranched alkanes of at least 4 members (excludes halogenated alkanes) is 18. The minimum Gasteiger partial charge on any atom is -0.423 e. The van der Waals surface area contributed by atoms with Crippen molar-refractivity contribution in [2.45, 2.75) is 155 Å². The zero-order chi connectivity index (χ0) is 55.4. The number of esters is 4. The van der Waals surface area contributed by atoms with E-state index in [1.807, 2.05) is 24.3 Å². The summed E-state index contributed by atoms with van der Waals surface area (Å²) in [5, 5.41) is 0. The lowest BCUT2D eigenvalue weighted by Crippen LogP contribution is -2.10. The zero-order valence-corrected chi connectivity index (χ0v) is 46.3. The smallest absolute Gasteiger partial charge is 0.343 e. The lowest BCUT2D eigenvalue weighted by atomic mass is 9.98. The van der Waals surface area contributed by atoms with Gasteiger partial charge in [0.1, 0.15) is 28.8 Å². The minimum atomic E-state index is -0.604. The van der Waals surface area contributed by atoms with Crippen molar-refractivity contribution < 1.29 is 42.5 Å². The van der Waals surface area contributed by atoms with Gasteiger partial charge in [0, 0.05) is 5.56 Å². The molecule has 7 rings (SSSR count). The summed E-state index contributed by atoms with van der Waals surface area (Å²) in [6, 6.07) is 45.7. The van der Waals surface area contributed by atoms with E-state index in [0.29, 0.717) is 39.5 Å². The molecule has 0 saturated carbocycles. The maximum Gasteiger partial charge on any atom is 0.343 e. The Labute approximate surface area is 467 Å². The first-order valence-electron chi connectivity index (χ1n) is 28.9. The van der Waals surface area contributed by atoms with E-state index in [4.69, 9.17) is 18.9 Å². The molecule has 0 radical (unpaired) electrons. The van der Waals surface area contributed by atoms with Crippen molar-refractivity contribution in [1.82, 2.24) is 0 Å². The normalized spacial score (nSPS) is 11.0. The fourth-order valence-electron chi connectivity index (χ4n) is 9.57. The molecular weight excluding hydrogens is 988 g/mol. The highest BCUT2D eigenvalue weighted by molar-refractivity contribution is 5.94. The summed E-state index contributed by atoms with van der Waals surface area (Å²) in [6.07, 6.45) is 27.9. The summed E-state index contributed by atoms with van der Waals surface area (Å²) in [5.41, 5.74) is 6.28. The van der Waals surface area contributed by atoms with Gasteiger partial charge in [0.2, 0.25) is 0 Å². The average Bonchev–Trinajstić information content (AvgIpc) is 3.49. The van der Waals surface area contributed by atoms with Crippen LogP contribution in [-0.4, -0.2) is 23.9 Å². The van der Waals surface area contributed by atoms with Crippen LogP contribution in [-0.2, 0) is 12.8 Å². The highest BCUT2D eigenvalue weighted by Crippen LogP contribution is 2.32. The molecule has 0 spiro atoms. The van der Waals surface area contributed by atoms with Crippen molar-refractivity contribution in [3.63, 3.8) is 0 Å². The summed E-state index contributed by atoms with van der Waals surface area (Å²) >= 11 is 0. The van der Waals surface area contributed by atoms with E-state index in [1.165, 1.54) is 145 Å². The van der Waals surface area contributed by atoms with Crippen LogP contribution >= 0.6 is 0 Å². The third-order valence-electron chi connectivity index (χ3n) is 14.4.